The molecule has 0 bridgehead atoms. The Hall–Kier alpha value is -3.20. The number of nitrogens with one attached hydrogen (secondary N) is 2. The molecule has 0 radical (unpaired) electrons. The van der Waals surface area contributed by atoms with E-state index in [0.29, 0.717) is 12.5 Å². The van der Waals surface area contributed by atoms with Gasteiger partial charge in [0.2, 0.25) is 5.91 Å². The maximum absolute atomic E-state index is 13.4. The van der Waals surface area contributed by atoms with Crippen molar-refractivity contribution in [3.05, 3.63) is 83.2 Å². The van der Waals surface area contributed by atoms with Gasteiger partial charge in [-0.3, -0.25) is 9.69 Å². The van der Waals surface area contributed by atoms with E-state index in [-0.39, 0.29) is 17.6 Å². The lowest BCUT2D eigenvalue weighted by atomic mass is 9.94. The number of rotatable bonds is 5. The Morgan fingerprint density at radius 3 is 2.53 bits per heavy atom. The fourth-order valence-electron chi connectivity index (χ4n) is 5.33. The van der Waals surface area contributed by atoms with Crippen LogP contribution in [-0.4, -0.2) is 37.0 Å². The first-order valence-electron chi connectivity index (χ1n) is 13.1. The summed E-state index contributed by atoms with van der Waals surface area (Å²) in [6.45, 7) is 5.15. The minimum atomic E-state index is -0.274. The summed E-state index contributed by atoms with van der Waals surface area (Å²) in [6.07, 6.45) is 3.93. The van der Waals surface area contributed by atoms with Crippen LogP contribution in [0, 0.1) is 29.5 Å². The first-order valence-corrected chi connectivity index (χ1v) is 13.1. The molecule has 2 N–H and O–H groups in total. The van der Waals surface area contributed by atoms with E-state index in [9.17, 15) is 9.18 Å². The van der Waals surface area contributed by atoms with Crippen LogP contribution in [0.1, 0.15) is 42.4 Å². The van der Waals surface area contributed by atoms with Gasteiger partial charge in [0, 0.05) is 30.5 Å². The van der Waals surface area contributed by atoms with Crippen molar-refractivity contribution in [2.75, 3.05) is 26.2 Å². The summed E-state index contributed by atoms with van der Waals surface area (Å²) in [7, 11) is 0. The third-order valence-electron chi connectivity index (χ3n) is 7.47. The quantitative estimate of drug-likeness (QED) is 0.510. The lowest BCUT2D eigenvalue weighted by Crippen LogP contribution is -2.40. The van der Waals surface area contributed by atoms with Gasteiger partial charge in [-0.05, 0) is 92.0 Å². The summed E-state index contributed by atoms with van der Waals surface area (Å²) in [5.74, 6) is 7.28. The van der Waals surface area contributed by atoms with Crippen molar-refractivity contribution < 1.29 is 9.18 Å². The Kier molecular flexibility index (Phi) is 7.95. The molecule has 0 aliphatic carbocycles. The number of hydrogen-bond donors (Lipinski definition) is 2. The molecule has 2 heterocycles. The zero-order chi connectivity index (χ0) is 24.7. The van der Waals surface area contributed by atoms with Gasteiger partial charge in [-0.2, -0.15) is 0 Å². The van der Waals surface area contributed by atoms with Crippen LogP contribution in [0.15, 0.2) is 60.7 Å². The van der Waals surface area contributed by atoms with E-state index in [2.05, 4.69) is 63.8 Å². The van der Waals surface area contributed by atoms with Crippen LogP contribution in [-0.2, 0) is 17.9 Å². The standard InChI is InChI=1S/C31H34FN3O/c32-28-5-3-4-24(20-28)21-34-31(36)26-14-18-35(19-15-26)22-27-11-10-25(29-6-1-2-7-30(27)29)9-8-23-12-16-33-17-13-23/h1-7,10-11,20,23,26,33H,12-19,21-22H2,(H,34,36). The highest BCUT2D eigenvalue weighted by atomic mass is 19.1. The average molecular weight is 484 g/mol. The molecule has 0 atom stereocenters. The van der Waals surface area contributed by atoms with Gasteiger partial charge in [-0.15, -0.1) is 0 Å². The zero-order valence-corrected chi connectivity index (χ0v) is 20.7. The van der Waals surface area contributed by atoms with E-state index in [1.165, 1.54) is 28.5 Å². The van der Waals surface area contributed by atoms with E-state index >= 15 is 0 Å². The van der Waals surface area contributed by atoms with Crippen LogP contribution in [0.5, 0.6) is 0 Å². The second-order valence-electron chi connectivity index (χ2n) is 10.0. The summed E-state index contributed by atoms with van der Waals surface area (Å²) in [4.78, 5) is 15.1. The monoisotopic (exact) mass is 483 g/mol. The van der Waals surface area contributed by atoms with Crippen molar-refractivity contribution in [1.82, 2.24) is 15.5 Å². The van der Waals surface area contributed by atoms with Gasteiger partial charge >= 0.3 is 0 Å². The molecule has 36 heavy (non-hydrogen) atoms. The van der Waals surface area contributed by atoms with E-state index in [0.717, 1.165) is 69.5 Å². The molecule has 3 aromatic carbocycles. The number of likely N-dealkylation sites (tertiary alicyclic amines) is 1. The molecule has 0 unspecified atom stereocenters. The zero-order valence-electron chi connectivity index (χ0n) is 20.7. The van der Waals surface area contributed by atoms with Crippen molar-refractivity contribution >= 4 is 16.7 Å². The third-order valence-corrected chi connectivity index (χ3v) is 7.47. The van der Waals surface area contributed by atoms with Gasteiger partial charge in [0.15, 0.2) is 0 Å². The van der Waals surface area contributed by atoms with Gasteiger partial charge in [0.05, 0.1) is 0 Å². The fraction of sp³-hybridized carbons (Fsp3) is 0.387. The van der Waals surface area contributed by atoms with Crippen molar-refractivity contribution in [2.45, 2.75) is 38.8 Å². The average Bonchev–Trinajstić information content (AvgIpc) is 2.92. The van der Waals surface area contributed by atoms with Gasteiger partial charge in [-0.1, -0.05) is 54.3 Å². The Bertz CT molecular complexity index is 1260. The van der Waals surface area contributed by atoms with Crippen LogP contribution in [0.4, 0.5) is 4.39 Å². The minimum absolute atomic E-state index is 0.0131. The van der Waals surface area contributed by atoms with E-state index in [1.54, 1.807) is 6.07 Å². The number of piperidine rings is 2. The largest absolute Gasteiger partial charge is 0.352 e. The van der Waals surface area contributed by atoms with Crippen molar-refractivity contribution in [3.63, 3.8) is 0 Å². The molecule has 186 valence electrons. The van der Waals surface area contributed by atoms with Crippen LogP contribution >= 0.6 is 0 Å². The Labute approximate surface area is 213 Å². The predicted molar refractivity (Wildman–Crippen MR) is 143 cm³/mol. The first-order chi connectivity index (χ1) is 17.7. The Morgan fingerprint density at radius 1 is 0.972 bits per heavy atom. The molecule has 0 aromatic heterocycles. The van der Waals surface area contributed by atoms with Crippen molar-refractivity contribution in [1.29, 1.82) is 0 Å². The molecule has 2 saturated heterocycles. The molecular formula is C31H34FN3O. The topological polar surface area (TPSA) is 44.4 Å². The van der Waals surface area contributed by atoms with E-state index in [4.69, 9.17) is 0 Å². The summed E-state index contributed by atoms with van der Waals surface area (Å²) in [5.41, 5.74) is 3.21. The molecule has 2 aliphatic heterocycles. The highest BCUT2D eigenvalue weighted by molar-refractivity contribution is 5.91. The molecule has 1 amide bonds. The summed E-state index contributed by atoms with van der Waals surface area (Å²) in [6, 6.07) is 19.4. The number of halogens is 1. The molecule has 2 aliphatic rings. The second kappa shape index (κ2) is 11.7. The number of amides is 1. The van der Waals surface area contributed by atoms with Crippen molar-refractivity contribution in [3.8, 4) is 11.8 Å². The summed E-state index contributed by atoms with van der Waals surface area (Å²) < 4.78 is 13.4. The normalized spacial score (nSPS) is 17.5. The number of nitrogens with zero attached hydrogens (tertiary/aromatic N) is 1. The highest BCUT2D eigenvalue weighted by Gasteiger charge is 2.25. The molecule has 2 fully saturated rings. The van der Waals surface area contributed by atoms with Crippen LogP contribution < -0.4 is 10.6 Å². The number of carbonyl (C=O) groups excluding carboxylic acids is 1. The number of hydrogen-bond acceptors (Lipinski definition) is 3. The molecule has 0 spiro atoms. The molecular weight excluding hydrogens is 449 g/mol. The van der Waals surface area contributed by atoms with Crippen LogP contribution in [0.25, 0.3) is 10.8 Å². The maximum Gasteiger partial charge on any atom is 0.223 e. The van der Waals surface area contributed by atoms with Crippen LogP contribution in [0.2, 0.25) is 0 Å². The summed E-state index contributed by atoms with van der Waals surface area (Å²) >= 11 is 0. The number of fused-ring (bicyclic) bond motifs is 1. The number of carbonyl (C=O) groups is 1. The SMILES string of the molecule is O=C(NCc1cccc(F)c1)C1CCN(Cc2ccc(C#CC3CCNCC3)c3ccccc23)CC1. The first kappa shape index (κ1) is 24.5. The smallest absolute Gasteiger partial charge is 0.223 e. The Morgan fingerprint density at radius 2 is 1.75 bits per heavy atom. The lowest BCUT2D eigenvalue weighted by molar-refractivity contribution is -0.126. The molecule has 3 aromatic rings. The molecule has 4 nitrogen and oxygen atoms in total. The Balaban J connectivity index is 1.19. The van der Waals surface area contributed by atoms with Crippen LogP contribution in [0.3, 0.4) is 0 Å². The molecule has 5 rings (SSSR count). The maximum atomic E-state index is 13.4. The summed E-state index contributed by atoms with van der Waals surface area (Å²) in [5, 5.41) is 8.88. The van der Waals surface area contributed by atoms with Crippen molar-refractivity contribution in [2.24, 2.45) is 11.8 Å². The van der Waals surface area contributed by atoms with Gasteiger partial charge in [0.1, 0.15) is 5.82 Å². The van der Waals surface area contributed by atoms with Gasteiger partial charge < -0.3 is 10.6 Å². The third kappa shape index (κ3) is 6.13. The molecule has 5 heteroatoms. The lowest BCUT2D eigenvalue weighted by Gasteiger charge is -2.31. The number of benzene rings is 3. The van der Waals surface area contributed by atoms with Gasteiger partial charge in [-0.25, -0.2) is 4.39 Å². The van der Waals surface area contributed by atoms with E-state index < -0.39 is 0 Å². The molecule has 0 saturated carbocycles. The second-order valence-corrected chi connectivity index (χ2v) is 10.0. The predicted octanol–water partition coefficient (Wildman–Crippen LogP) is 4.86. The van der Waals surface area contributed by atoms with Gasteiger partial charge in [0.25, 0.3) is 0 Å². The minimum Gasteiger partial charge on any atom is -0.352 e. The van der Waals surface area contributed by atoms with E-state index in [1.807, 2.05) is 6.07 Å². The fourth-order valence-corrected chi connectivity index (χ4v) is 5.33. The highest BCUT2D eigenvalue weighted by Crippen LogP contribution is 2.26.